The summed E-state index contributed by atoms with van der Waals surface area (Å²) in [5, 5.41) is 0.423. The lowest BCUT2D eigenvalue weighted by Gasteiger charge is -2.11. The van der Waals surface area contributed by atoms with Crippen molar-refractivity contribution < 1.29 is 8.42 Å². The lowest BCUT2D eigenvalue weighted by molar-refractivity contribution is 0.601. The van der Waals surface area contributed by atoms with Crippen LogP contribution in [-0.4, -0.2) is 18.4 Å². The van der Waals surface area contributed by atoms with E-state index in [1.807, 2.05) is 0 Å². The second-order valence-electron chi connectivity index (χ2n) is 4.96. The van der Waals surface area contributed by atoms with Crippen molar-refractivity contribution in [2.45, 2.75) is 4.90 Å². The molecule has 3 aromatic rings. The Kier molecular flexibility index (Phi) is 4.37. The van der Waals surface area contributed by atoms with Gasteiger partial charge in [-0.05, 0) is 42.0 Å². The summed E-state index contributed by atoms with van der Waals surface area (Å²) in [6, 6.07) is 11.4. The Labute approximate surface area is 144 Å². The van der Waals surface area contributed by atoms with Crippen molar-refractivity contribution in [3.8, 4) is 11.1 Å². The van der Waals surface area contributed by atoms with Crippen LogP contribution in [0.2, 0.25) is 5.02 Å². The highest BCUT2D eigenvalue weighted by Gasteiger charge is 2.20. The first-order valence-electron chi connectivity index (χ1n) is 6.90. The summed E-state index contributed by atoms with van der Waals surface area (Å²) in [7, 11) is -3.90. The van der Waals surface area contributed by atoms with E-state index in [1.165, 1.54) is 18.3 Å². The topological polar surface area (TPSA) is 98.0 Å². The number of sulfonamides is 1. The van der Waals surface area contributed by atoms with Gasteiger partial charge in [0.15, 0.2) is 0 Å². The maximum Gasteiger partial charge on any atom is 0.265 e. The Morgan fingerprint density at radius 2 is 1.79 bits per heavy atom. The highest BCUT2D eigenvalue weighted by atomic mass is 35.5. The molecule has 2 heterocycles. The van der Waals surface area contributed by atoms with Gasteiger partial charge in [-0.25, -0.2) is 13.4 Å². The van der Waals surface area contributed by atoms with Crippen LogP contribution in [0.3, 0.4) is 0 Å². The van der Waals surface area contributed by atoms with Crippen LogP contribution in [0.5, 0.6) is 0 Å². The molecule has 0 saturated heterocycles. The van der Waals surface area contributed by atoms with Gasteiger partial charge in [-0.2, -0.15) is 0 Å². The summed E-state index contributed by atoms with van der Waals surface area (Å²) in [6.07, 6.45) is 4.75. The number of benzene rings is 1. The smallest absolute Gasteiger partial charge is 0.265 e. The van der Waals surface area contributed by atoms with Crippen molar-refractivity contribution in [1.82, 2.24) is 9.97 Å². The molecule has 0 spiro atoms. The minimum atomic E-state index is -3.90. The minimum absolute atomic E-state index is 0.0812. The van der Waals surface area contributed by atoms with E-state index in [0.29, 0.717) is 16.3 Å². The highest BCUT2D eigenvalue weighted by Crippen LogP contribution is 2.26. The van der Waals surface area contributed by atoms with E-state index >= 15 is 0 Å². The van der Waals surface area contributed by atoms with Gasteiger partial charge in [0.05, 0.1) is 5.69 Å². The van der Waals surface area contributed by atoms with Gasteiger partial charge in [-0.15, -0.1) is 0 Å². The van der Waals surface area contributed by atoms with Gasteiger partial charge >= 0.3 is 0 Å². The van der Waals surface area contributed by atoms with E-state index in [1.54, 1.807) is 42.7 Å². The second kappa shape index (κ2) is 6.46. The van der Waals surface area contributed by atoms with E-state index in [-0.39, 0.29) is 10.7 Å². The third-order valence-corrected chi connectivity index (χ3v) is 4.91. The highest BCUT2D eigenvalue weighted by molar-refractivity contribution is 7.92. The molecular formula is C16H13ClN4O2S. The largest absolute Gasteiger partial charge is 0.383 e. The van der Waals surface area contributed by atoms with Crippen LogP contribution in [0.4, 0.5) is 11.5 Å². The number of rotatable bonds is 4. The first-order chi connectivity index (χ1) is 11.5. The molecule has 3 rings (SSSR count). The quantitative estimate of drug-likeness (QED) is 0.744. The van der Waals surface area contributed by atoms with E-state index in [9.17, 15) is 8.42 Å². The molecule has 24 heavy (non-hydrogen) atoms. The van der Waals surface area contributed by atoms with Crippen LogP contribution < -0.4 is 10.5 Å². The van der Waals surface area contributed by atoms with Gasteiger partial charge in [0.1, 0.15) is 10.7 Å². The summed E-state index contributed by atoms with van der Waals surface area (Å²) < 4.78 is 27.7. The number of hydrogen-bond donors (Lipinski definition) is 2. The van der Waals surface area contributed by atoms with Crippen LogP contribution in [0.25, 0.3) is 11.1 Å². The van der Waals surface area contributed by atoms with Gasteiger partial charge in [0, 0.05) is 29.2 Å². The molecule has 0 radical (unpaired) electrons. The molecule has 0 bridgehead atoms. The van der Waals surface area contributed by atoms with E-state index in [4.69, 9.17) is 17.3 Å². The van der Waals surface area contributed by atoms with E-state index in [2.05, 4.69) is 14.7 Å². The van der Waals surface area contributed by atoms with Crippen molar-refractivity contribution >= 4 is 33.1 Å². The molecule has 0 amide bonds. The molecule has 3 N–H and O–H groups in total. The maximum absolute atomic E-state index is 12.6. The van der Waals surface area contributed by atoms with Crippen molar-refractivity contribution in [3.05, 3.63) is 66.1 Å². The molecule has 0 aliphatic carbocycles. The predicted octanol–water partition coefficient (Wildman–Crippen LogP) is 3.18. The monoisotopic (exact) mass is 360 g/mol. The van der Waals surface area contributed by atoms with Crippen molar-refractivity contribution in [1.29, 1.82) is 0 Å². The average Bonchev–Trinajstić information content (AvgIpc) is 2.55. The fourth-order valence-corrected chi connectivity index (χ4v) is 3.48. The molecule has 8 heteroatoms. The predicted molar refractivity (Wildman–Crippen MR) is 94.1 cm³/mol. The lowest BCUT2D eigenvalue weighted by Crippen LogP contribution is -2.15. The Morgan fingerprint density at radius 1 is 1.04 bits per heavy atom. The zero-order valence-corrected chi connectivity index (χ0v) is 13.9. The summed E-state index contributed by atoms with van der Waals surface area (Å²) in [6.45, 7) is 0. The number of hydrogen-bond acceptors (Lipinski definition) is 5. The summed E-state index contributed by atoms with van der Waals surface area (Å²) in [4.78, 5) is 7.83. The van der Waals surface area contributed by atoms with Crippen molar-refractivity contribution in [3.63, 3.8) is 0 Å². The van der Waals surface area contributed by atoms with Crippen LogP contribution in [-0.2, 0) is 10.0 Å². The number of halogens is 1. The molecule has 0 aliphatic heterocycles. The van der Waals surface area contributed by atoms with Gasteiger partial charge < -0.3 is 5.73 Å². The molecule has 2 aromatic heterocycles. The summed E-state index contributed by atoms with van der Waals surface area (Å²) in [5.41, 5.74) is 7.52. The third-order valence-electron chi connectivity index (χ3n) is 3.26. The number of aromatic nitrogens is 2. The van der Waals surface area contributed by atoms with Gasteiger partial charge in [0.25, 0.3) is 10.0 Å². The molecule has 6 nitrogen and oxygen atoms in total. The molecule has 0 atom stereocenters. The Balaban J connectivity index is 2.01. The number of anilines is 2. The normalized spacial score (nSPS) is 11.2. The number of nitrogens with zero attached hydrogens (tertiary/aromatic N) is 2. The molecule has 0 unspecified atom stereocenters. The number of nitrogens with one attached hydrogen (secondary N) is 1. The lowest BCUT2D eigenvalue weighted by atomic mass is 10.1. The van der Waals surface area contributed by atoms with Crippen LogP contribution in [0.1, 0.15) is 0 Å². The van der Waals surface area contributed by atoms with Crippen LogP contribution >= 0.6 is 11.6 Å². The van der Waals surface area contributed by atoms with Crippen molar-refractivity contribution in [2.75, 3.05) is 10.5 Å². The maximum atomic E-state index is 12.6. The first-order valence-corrected chi connectivity index (χ1v) is 8.76. The van der Waals surface area contributed by atoms with Gasteiger partial charge in [-0.3, -0.25) is 9.71 Å². The molecular weight excluding hydrogens is 348 g/mol. The van der Waals surface area contributed by atoms with Gasteiger partial charge in [-0.1, -0.05) is 17.7 Å². The van der Waals surface area contributed by atoms with Crippen LogP contribution in [0.15, 0.2) is 66.0 Å². The minimum Gasteiger partial charge on any atom is -0.383 e. The molecule has 0 aliphatic rings. The van der Waals surface area contributed by atoms with E-state index < -0.39 is 10.0 Å². The fraction of sp³-hybridized carbons (Fsp3) is 0. The first kappa shape index (κ1) is 16.2. The average molecular weight is 361 g/mol. The zero-order valence-electron chi connectivity index (χ0n) is 12.3. The van der Waals surface area contributed by atoms with Crippen molar-refractivity contribution in [2.24, 2.45) is 0 Å². The second-order valence-corrected chi connectivity index (χ2v) is 7.05. The number of nitrogen functional groups attached to an aromatic ring is 1. The summed E-state index contributed by atoms with van der Waals surface area (Å²) in [5.74, 6) is -0.0812. The Bertz CT molecular complexity index is 978. The van der Waals surface area contributed by atoms with E-state index in [0.717, 1.165) is 5.56 Å². The van der Waals surface area contributed by atoms with Crippen LogP contribution in [0, 0.1) is 0 Å². The Hall–Kier alpha value is -2.64. The molecule has 0 saturated carbocycles. The summed E-state index contributed by atoms with van der Waals surface area (Å²) >= 11 is 5.88. The Morgan fingerprint density at radius 3 is 2.50 bits per heavy atom. The fourth-order valence-electron chi connectivity index (χ4n) is 2.13. The third kappa shape index (κ3) is 3.47. The molecule has 122 valence electrons. The van der Waals surface area contributed by atoms with Gasteiger partial charge in [0.2, 0.25) is 0 Å². The molecule has 0 fully saturated rings. The standard InChI is InChI=1S/C16H13ClN4O2S/c17-13-2-1-3-14(9-13)21-24(22,23)15-8-12(10-20-16(15)18)11-4-6-19-7-5-11/h1-10,21H,(H2,18,20). The zero-order chi connectivity index (χ0) is 17.2. The number of pyridine rings is 2. The molecule has 1 aromatic carbocycles. The number of nitrogens with two attached hydrogens (primary N) is 1. The SMILES string of the molecule is Nc1ncc(-c2ccncc2)cc1S(=O)(=O)Nc1cccc(Cl)c1.